The number of ketones is 1. The van der Waals surface area contributed by atoms with Crippen molar-refractivity contribution in [1.82, 2.24) is 9.88 Å². The number of nitrogens with zero attached hydrogens (tertiary/aromatic N) is 1. The monoisotopic (exact) mass is 339 g/mol. The fourth-order valence-corrected chi connectivity index (χ4v) is 3.63. The first-order chi connectivity index (χ1) is 11.8. The van der Waals surface area contributed by atoms with E-state index in [2.05, 4.69) is 4.98 Å². The van der Waals surface area contributed by atoms with E-state index in [1.807, 2.05) is 24.3 Å². The van der Waals surface area contributed by atoms with Gasteiger partial charge in [0, 0.05) is 24.2 Å². The number of carbonyl (C=O) groups excluding carboxylic acids is 3. The molecule has 0 fully saturated rings. The van der Waals surface area contributed by atoms with Crippen molar-refractivity contribution in [2.45, 2.75) is 39.8 Å². The largest absolute Gasteiger partial charge is 0.368 e. The van der Waals surface area contributed by atoms with Gasteiger partial charge in [0.15, 0.2) is 5.78 Å². The highest BCUT2D eigenvalue weighted by Crippen LogP contribution is 2.27. The van der Waals surface area contributed by atoms with Crippen molar-refractivity contribution in [3.63, 3.8) is 0 Å². The Kier molecular flexibility index (Phi) is 4.20. The van der Waals surface area contributed by atoms with Gasteiger partial charge in [-0.15, -0.1) is 0 Å². The van der Waals surface area contributed by atoms with E-state index in [9.17, 15) is 14.4 Å². The fraction of sp³-hybridized carbons (Fsp3) is 0.316. The van der Waals surface area contributed by atoms with Crippen molar-refractivity contribution < 1.29 is 14.4 Å². The van der Waals surface area contributed by atoms with Crippen LogP contribution in [0.2, 0.25) is 0 Å². The van der Waals surface area contributed by atoms with Gasteiger partial charge in [0.2, 0.25) is 5.91 Å². The lowest BCUT2D eigenvalue weighted by Crippen LogP contribution is -2.51. The number of nitrogens with two attached hydrogens (primary N) is 1. The lowest BCUT2D eigenvalue weighted by Gasteiger charge is -2.35. The maximum Gasteiger partial charge on any atom is 0.271 e. The Morgan fingerprint density at radius 2 is 1.80 bits per heavy atom. The van der Waals surface area contributed by atoms with Crippen LogP contribution in [0.4, 0.5) is 0 Å². The highest BCUT2D eigenvalue weighted by atomic mass is 16.2. The quantitative estimate of drug-likeness (QED) is 0.836. The van der Waals surface area contributed by atoms with Crippen LogP contribution in [0, 0.1) is 13.8 Å². The molecule has 0 radical (unpaired) electrons. The number of H-pyrrole nitrogens is 1. The van der Waals surface area contributed by atoms with Gasteiger partial charge in [-0.1, -0.05) is 24.3 Å². The van der Waals surface area contributed by atoms with Gasteiger partial charge in [-0.2, -0.15) is 0 Å². The summed E-state index contributed by atoms with van der Waals surface area (Å²) in [4.78, 5) is 41.4. The molecule has 1 atom stereocenters. The zero-order valence-corrected chi connectivity index (χ0v) is 14.6. The van der Waals surface area contributed by atoms with Crippen LogP contribution in [-0.4, -0.2) is 33.5 Å². The van der Waals surface area contributed by atoms with Gasteiger partial charge in [-0.25, -0.2) is 0 Å². The summed E-state index contributed by atoms with van der Waals surface area (Å²) < 4.78 is 0. The molecular formula is C19H21N3O3. The Balaban J connectivity index is 2.02. The minimum atomic E-state index is -0.703. The highest BCUT2D eigenvalue weighted by molar-refractivity contribution is 6.03. The predicted molar refractivity (Wildman–Crippen MR) is 93.3 cm³/mol. The molecule has 0 bridgehead atoms. The summed E-state index contributed by atoms with van der Waals surface area (Å²) in [7, 11) is 0. The average Bonchev–Trinajstić information content (AvgIpc) is 2.87. The second kappa shape index (κ2) is 6.20. The Morgan fingerprint density at radius 3 is 2.36 bits per heavy atom. The predicted octanol–water partition coefficient (Wildman–Crippen LogP) is 1.89. The SMILES string of the molecule is CC(=O)c1c(C)[nH]c(C(=O)N2Cc3ccccc3C[C@H]2C(N)=O)c1C. The number of amides is 2. The normalized spacial score (nSPS) is 16.4. The third kappa shape index (κ3) is 2.84. The van der Waals surface area contributed by atoms with Gasteiger partial charge in [-0.3, -0.25) is 14.4 Å². The van der Waals surface area contributed by atoms with E-state index in [1.54, 1.807) is 13.8 Å². The Labute approximate surface area is 146 Å². The summed E-state index contributed by atoms with van der Waals surface area (Å²) in [5.41, 5.74) is 9.71. The van der Waals surface area contributed by atoms with E-state index in [4.69, 9.17) is 5.73 Å². The molecular weight excluding hydrogens is 318 g/mol. The number of carbonyl (C=O) groups is 3. The van der Waals surface area contributed by atoms with Crippen LogP contribution >= 0.6 is 0 Å². The number of benzene rings is 1. The van der Waals surface area contributed by atoms with Crippen molar-refractivity contribution in [3.8, 4) is 0 Å². The van der Waals surface area contributed by atoms with Gasteiger partial charge >= 0.3 is 0 Å². The first-order valence-electron chi connectivity index (χ1n) is 8.18. The summed E-state index contributed by atoms with van der Waals surface area (Å²) in [5.74, 6) is -0.942. The number of aromatic amines is 1. The number of primary amides is 1. The molecule has 130 valence electrons. The van der Waals surface area contributed by atoms with Crippen molar-refractivity contribution in [1.29, 1.82) is 0 Å². The van der Waals surface area contributed by atoms with Crippen LogP contribution in [0.3, 0.4) is 0 Å². The smallest absolute Gasteiger partial charge is 0.271 e. The molecule has 2 heterocycles. The summed E-state index contributed by atoms with van der Waals surface area (Å²) in [6, 6.07) is 7.01. The third-order valence-electron chi connectivity index (χ3n) is 4.84. The standard InChI is InChI=1S/C19H21N3O3/c1-10-16(12(3)23)11(2)21-17(10)19(25)22-9-14-7-5-4-6-13(14)8-15(22)18(20)24/h4-7,15,21H,8-9H2,1-3H3,(H2,20,24)/t15-/m0/s1. The van der Waals surface area contributed by atoms with Crippen molar-refractivity contribution in [2.75, 3.05) is 0 Å². The van der Waals surface area contributed by atoms with Gasteiger partial charge in [0.05, 0.1) is 0 Å². The van der Waals surface area contributed by atoms with E-state index in [-0.39, 0.29) is 11.7 Å². The number of rotatable bonds is 3. The zero-order chi connectivity index (χ0) is 18.3. The molecule has 25 heavy (non-hydrogen) atoms. The summed E-state index contributed by atoms with van der Waals surface area (Å²) in [6.07, 6.45) is 0.398. The topological polar surface area (TPSA) is 96.3 Å². The summed E-state index contributed by atoms with van der Waals surface area (Å²) >= 11 is 0. The molecule has 0 unspecified atom stereocenters. The second-order valence-corrected chi connectivity index (χ2v) is 6.51. The number of hydrogen-bond donors (Lipinski definition) is 2. The van der Waals surface area contributed by atoms with Gasteiger partial charge in [0.1, 0.15) is 11.7 Å². The zero-order valence-electron chi connectivity index (χ0n) is 14.6. The van der Waals surface area contributed by atoms with Crippen LogP contribution in [-0.2, 0) is 17.8 Å². The van der Waals surface area contributed by atoms with E-state index in [0.717, 1.165) is 11.1 Å². The van der Waals surface area contributed by atoms with Crippen molar-refractivity contribution >= 4 is 17.6 Å². The van der Waals surface area contributed by atoms with E-state index in [0.29, 0.717) is 35.5 Å². The third-order valence-corrected chi connectivity index (χ3v) is 4.84. The molecule has 0 saturated heterocycles. The van der Waals surface area contributed by atoms with Crippen LogP contribution in [0.5, 0.6) is 0 Å². The van der Waals surface area contributed by atoms with Crippen LogP contribution in [0.15, 0.2) is 24.3 Å². The number of hydrogen-bond acceptors (Lipinski definition) is 3. The lowest BCUT2D eigenvalue weighted by atomic mass is 9.93. The summed E-state index contributed by atoms with van der Waals surface area (Å²) in [5, 5.41) is 0. The molecule has 2 aromatic rings. The van der Waals surface area contributed by atoms with Crippen LogP contribution in [0.25, 0.3) is 0 Å². The number of aromatic nitrogens is 1. The van der Waals surface area contributed by atoms with Crippen molar-refractivity contribution in [2.24, 2.45) is 5.73 Å². The number of nitrogens with one attached hydrogen (secondary N) is 1. The van der Waals surface area contributed by atoms with Gasteiger partial charge in [0.25, 0.3) is 5.91 Å². The second-order valence-electron chi connectivity index (χ2n) is 6.51. The Bertz CT molecular complexity index is 882. The number of aryl methyl sites for hydroxylation is 1. The molecule has 0 saturated carbocycles. The molecule has 1 aromatic carbocycles. The number of Topliss-reactive ketones (excluding diaryl/α,β-unsaturated/α-hetero) is 1. The molecule has 0 spiro atoms. The average molecular weight is 339 g/mol. The first-order valence-corrected chi connectivity index (χ1v) is 8.18. The highest BCUT2D eigenvalue weighted by Gasteiger charge is 2.35. The summed E-state index contributed by atoms with van der Waals surface area (Å²) in [6.45, 7) is 5.29. The Hall–Kier alpha value is -2.89. The molecule has 6 nitrogen and oxygen atoms in total. The minimum absolute atomic E-state index is 0.0965. The maximum atomic E-state index is 13.1. The van der Waals surface area contributed by atoms with Crippen molar-refractivity contribution in [3.05, 3.63) is 57.9 Å². The van der Waals surface area contributed by atoms with E-state index < -0.39 is 11.9 Å². The molecule has 1 aliphatic heterocycles. The molecule has 3 N–H and O–H groups in total. The minimum Gasteiger partial charge on any atom is -0.368 e. The molecule has 6 heteroatoms. The number of fused-ring (bicyclic) bond motifs is 1. The fourth-order valence-electron chi connectivity index (χ4n) is 3.63. The molecule has 1 aromatic heterocycles. The lowest BCUT2D eigenvalue weighted by molar-refractivity contribution is -0.122. The van der Waals surface area contributed by atoms with Crippen LogP contribution in [0.1, 0.15) is 50.2 Å². The maximum absolute atomic E-state index is 13.1. The van der Waals surface area contributed by atoms with Gasteiger partial charge in [-0.05, 0) is 37.5 Å². The molecule has 0 aliphatic carbocycles. The van der Waals surface area contributed by atoms with Gasteiger partial charge < -0.3 is 15.6 Å². The molecule has 3 rings (SSSR count). The first kappa shape index (κ1) is 17.0. The van der Waals surface area contributed by atoms with Crippen LogP contribution < -0.4 is 5.73 Å². The Morgan fingerprint density at radius 1 is 1.16 bits per heavy atom. The van der Waals surface area contributed by atoms with E-state index >= 15 is 0 Å². The molecule has 2 amide bonds. The molecule has 1 aliphatic rings. The van der Waals surface area contributed by atoms with E-state index in [1.165, 1.54) is 11.8 Å².